The van der Waals surface area contributed by atoms with E-state index in [-0.39, 0.29) is 29.8 Å². The van der Waals surface area contributed by atoms with E-state index in [1.807, 2.05) is 0 Å². The second-order valence-electron chi connectivity index (χ2n) is 6.29. The van der Waals surface area contributed by atoms with Crippen LogP contribution in [0, 0.1) is 0 Å². The summed E-state index contributed by atoms with van der Waals surface area (Å²) in [5.74, 6) is -1.06. The van der Waals surface area contributed by atoms with Gasteiger partial charge < -0.3 is 10.0 Å². The number of piperidine rings is 1. The zero-order chi connectivity index (χ0) is 18.4. The highest BCUT2D eigenvalue weighted by Crippen LogP contribution is 2.20. The number of nitrogens with zero attached hydrogens (tertiary/aromatic N) is 1. The van der Waals surface area contributed by atoms with Crippen molar-refractivity contribution in [1.29, 1.82) is 0 Å². The number of rotatable bonds is 7. The van der Waals surface area contributed by atoms with Gasteiger partial charge in [0, 0.05) is 26.1 Å². The highest BCUT2D eigenvalue weighted by molar-refractivity contribution is 7.89. The van der Waals surface area contributed by atoms with E-state index in [0.717, 1.165) is 19.3 Å². The number of benzene rings is 1. The zero-order valence-electron chi connectivity index (χ0n) is 14.3. The van der Waals surface area contributed by atoms with Crippen molar-refractivity contribution in [2.75, 3.05) is 12.3 Å². The SMILES string of the molecule is CC(=O)N1CCCCC1CCS(=O)(=O)NCc1ccc(C(=O)O)cc1. The molecule has 1 amide bonds. The number of aromatic carboxylic acids is 1. The van der Waals surface area contributed by atoms with Gasteiger partial charge in [-0.1, -0.05) is 12.1 Å². The van der Waals surface area contributed by atoms with E-state index in [1.54, 1.807) is 17.0 Å². The van der Waals surface area contributed by atoms with Crippen LogP contribution in [0.4, 0.5) is 0 Å². The van der Waals surface area contributed by atoms with Crippen LogP contribution in [0.25, 0.3) is 0 Å². The highest BCUT2D eigenvalue weighted by Gasteiger charge is 2.25. The molecule has 1 aromatic carbocycles. The molecule has 0 bridgehead atoms. The lowest BCUT2D eigenvalue weighted by Crippen LogP contribution is -2.43. The van der Waals surface area contributed by atoms with Gasteiger partial charge in [-0.3, -0.25) is 4.79 Å². The van der Waals surface area contributed by atoms with Gasteiger partial charge in [0.15, 0.2) is 0 Å². The first-order valence-corrected chi connectivity index (χ1v) is 10.0. The number of hydrogen-bond donors (Lipinski definition) is 2. The maximum Gasteiger partial charge on any atom is 0.335 e. The third-order valence-electron chi connectivity index (χ3n) is 4.45. The van der Waals surface area contributed by atoms with Crippen LogP contribution >= 0.6 is 0 Å². The van der Waals surface area contributed by atoms with Crippen LogP contribution in [0.15, 0.2) is 24.3 Å². The quantitative estimate of drug-likeness (QED) is 0.761. The molecule has 1 heterocycles. The lowest BCUT2D eigenvalue weighted by atomic mass is 10.00. The Bertz CT molecular complexity index is 715. The normalized spacial score (nSPS) is 18.1. The average Bonchev–Trinajstić information content (AvgIpc) is 2.59. The summed E-state index contributed by atoms with van der Waals surface area (Å²) in [6, 6.07) is 6.05. The third-order valence-corrected chi connectivity index (χ3v) is 5.81. The van der Waals surface area contributed by atoms with Crippen LogP contribution in [-0.4, -0.2) is 48.6 Å². The summed E-state index contributed by atoms with van der Waals surface area (Å²) in [5, 5.41) is 8.85. The van der Waals surface area contributed by atoms with Crippen molar-refractivity contribution in [2.45, 2.75) is 45.2 Å². The van der Waals surface area contributed by atoms with Gasteiger partial charge in [0.25, 0.3) is 0 Å². The Hall–Kier alpha value is -1.93. The fraction of sp³-hybridized carbons (Fsp3) is 0.529. The molecular weight excluding hydrogens is 344 g/mol. The smallest absolute Gasteiger partial charge is 0.335 e. The van der Waals surface area contributed by atoms with E-state index in [4.69, 9.17) is 5.11 Å². The summed E-state index contributed by atoms with van der Waals surface area (Å²) in [7, 11) is -3.46. The van der Waals surface area contributed by atoms with E-state index in [1.165, 1.54) is 19.1 Å². The van der Waals surface area contributed by atoms with Crippen LogP contribution in [0.1, 0.15) is 48.5 Å². The fourth-order valence-corrected chi connectivity index (χ4v) is 4.15. The molecule has 1 saturated heterocycles. The first-order valence-electron chi connectivity index (χ1n) is 8.35. The van der Waals surface area contributed by atoms with Gasteiger partial charge in [-0.25, -0.2) is 17.9 Å². The Kier molecular flexibility index (Phi) is 6.55. The van der Waals surface area contributed by atoms with Gasteiger partial charge in [-0.15, -0.1) is 0 Å². The van der Waals surface area contributed by atoms with Crippen molar-refractivity contribution in [2.24, 2.45) is 0 Å². The summed E-state index contributed by atoms with van der Waals surface area (Å²) in [6.45, 7) is 2.33. The van der Waals surface area contributed by atoms with Crippen LogP contribution in [0.3, 0.4) is 0 Å². The molecule has 1 unspecified atom stereocenters. The van der Waals surface area contributed by atoms with E-state index < -0.39 is 16.0 Å². The highest BCUT2D eigenvalue weighted by atomic mass is 32.2. The Balaban J connectivity index is 1.86. The van der Waals surface area contributed by atoms with Gasteiger partial charge in [-0.2, -0.15) is 0 Å². The number of hydrogen-bond acceptors (Lipinski definition) is 4. The topological polar surface area (TPSA) is 104 Å². The van der Waals surface area contributed by atoms with Crippen molar-refractivity contribution in [3.05, 3.63) is 35.4 Å². The van der Waals surface area contributed by atoms with Crippen molar-refractivity contribution < 1.29 is 23.1 Å². The van der Waals surface area contributed by atoms with Crippen LogP contribution in [-0.2, 0) is 21.4 Å². The maximum atomic E-state index is 12.2. The summed E-state index contributed by atoms with van der Waals surface area (Å²) in [6.07, 6.45) is 3.24. The molecule has 0 aliphatic carbocycles. The van der Waals surface area contributed by atoms with Crippen LogP contribution in [0.2, 0.25) is 0 Å². The molecule has 0 radical (unpaired) electrons. The molecule has 1 aliphatic rings. The van der Waals surface area contributed by atoms with Crippen molar-refractivity contribution in [1.82, 2.24) is 9.62 Å². The van der Waals surface area contributed by atoms with Gasteiger partial charge in [0.1, 0.15) is 0 Å². The number of sulfonamides is 1. The number of carboxylic acid groups (broad SMARTS) is 1. The van der Waals surface area contributed by atoms with Gasteiger partial charge >= 0.3 is 5.97 Å². The number of nitrogens with one attached hydrogen (secondary N) is 1. The molecule has 0 spiro atoms. The van der Waals surface area contributed by atoms with Gasteiger partial charge in [0.2, 0.25) is 15.9 Å². The predicted octanol–water partition coefficient (Wildman–Crippen LogP) is 1.60. The van der Waals surface area contributed by atoms with Crippen molar-refractivity contribution in [3.8, 4) is 0 Å². The molecule has 2 rings (SSSR count). The first kappa shape index (κ1) is 19.4. The minimum absolute atomic E-state index is 0.00595. The van der Waals surface area contributed by atoms with E-state index in [2.05, 4.69) is 4.72 Å². The van der Waals surface area contributed by atoms with Crippen molar-refractivity contribution in [3.63, 3.8) is 0 Å². The largest absolute Gasteiger partial charge is 0.478 e. The van der Waals surface area contributed by atoms with E-state index in [0.29, 0.717) is 18.5 Å². The van der Waals surface area contributed by atoms with E-state index in [9.17, 15) is 18.0 Å². The summed E-state index contributed by atoms with van der Waals surface area (Å²) >= 11 is 0. The fourth-order valence-electron chi connectivity index (χ4n) is 3.04. The minimum atomic E-state index is -3.46. The molecule has 1 atom stereocenters. The Morgan fingerprint density at radius 1 is 1.24 bits per heavy atom. The molecule has 138 valence electrons. The van der Waals surface area contributed by atoms with E-state index >= 15 is 0 Å². The first-order chi connectivity index (χ1) is 11.8. The zero-order valence-corrected chi connectivity index (χ0v) is 15.1. The van der Waals surface area contributed by atoms with Crippen LogP contribution in [0.5, 0.6) is 0 Å². The molecule has 0 aromatic heterocycles. The molecule has 0 saturated carbocycles. The Morgan fingerprint density at radius 2 is 1.92 bits per heavy atom. The minimum Gasteiger partial charge on any atom is -0.478 e. The predicted molar refractivity (Wildman–Crippen MR) is 93.7 cm³/mol. The summed E-state index contributed by atoms with van der Waals surface area (Å²) in [5.41, 5.74) is 0.852. The molecule has 1 fully saturated rings. The molecule has 1 aromatic rings. The lowest BCUT2D eigenvalue weighted by Gasteiger charge is -2.35. The number of carbonyl (C=O) groups excluding carboxylic acids is 1. The summed E-state index contributed by atoms with van der Waals surface area (Å²) in [4.78, 5) is 24.2. The number of carboxylic acids is 1. The standard InChI is InChI=1S/C17H24N2O5S/c1-13(20)19-10-3-2-4-16(19)9-11-25(23,24)18-12-14-5-7-15(8-6-14)17(21)22/h5-8,16,18H,2-4,9-12H2,1H3,(H,21,22). The lowest BCUT2D eigenvalue weighted by molar-refractivity contribution is -0.132. The maximum absolute atomic E-state index is 12.2. The molecule has 25 heavy (non-hydrogen) atoms. The molecule has 2 N–H and O–H groups in total. The van der Waals surface area contributed by atoms with Crippen molar-refractivity contribution >= 4 is 21.9 Å². The third kappa shape index (κ3) is 5.82. The molecular formula is C17H24N2O5S. The second-order valence-corrected chi connectivity index (χ2v) is 8.22. The number of carbonyl (C=O) groups is 2. The van der Waals surface area contributed by atoms with Crippen LogP contribution < -0.4 is 4.72 Å². The Morgan fingerprint density at radius 3 is 2.52 bits per heavy atom. The van der Waals surface area contributed by atoms with Gasteiger partial charge in [0.05, 0.1) is 11.3 Å². The number of amides is 1. The molecule has 8 heteroatoms. The number of likely N-dealkylation sites (tertiary alicyclic amines) is 1. The molecule has 7 nitrogen and oxygen atoms in total. The monoisotopic (exact) mass is 368 g/mol. The molecule has 1 aliphatic heterocycles. The summed E-state index contributed by atoms with van der Waals surface area (Å²) < 4.78 is 26.9. The van der Waals surface area contributed by atoms with Gasteiger partial charge in [-0.05, 0) is 43.4 Å². The Labute approximate surface area is 148 Å². The average molecular weight is 368 g/mol. The second kappa shape index (κ2) is 8.44.